The van der Waals surface area contributed by atoms with Crippen molar-refractivity contribution in [2.45, 2.75) is 19.9 Å². The molecule has 1 aromatic heterocycles. The number of carbonyl (C=O) groups excluding carboxylic acids is 1. The molecule has 2 heterocycles. The number of rotatable bonds is 6. The third kappa shape index (κ3) is 4.61. The van der Waals surface area contributed by atoms with Gasteiger partial charge in [-0.15, -0.1) is 0 Å². The molecule has 0 N–H and O–H groups in total. The van der Waals surface area contributed by atoms with Gasteiger partial charge in [-0.3, -0.25) is 9.36 Å². The van der Waals surface area contributed by atoms with E-state index in [-0.39, 0.29) is 17.7 Å². The number of hydrogen-bond acceptors (Lipinski definition) is 7. The van der Waals surface area contributed by atoms with E-state index in [0.717, 1.165) is 0 Å². The molecule has 1 atom stereocenters. The Bertz CT molecular complexity index is 1500. The van der Waals surface area contributed by atoms with Crippen LogP contribution in [0.2, 0.25) is 10.0 Å². The van der Waals surface area contributed by atoms with Gasteiger partial charge in [0.15, 0.2) is 16.3 Å². The van der Waals surface area contributed by atoms with E-state index in [9.17, 15) is 9.59 Å². The predicted molar refractivity (Wildman–Crippen MR) is 136 cm³/mol. The monoisotopic (exact) mass is 532 g/mol. The molecule has 4 rings (SSSR count). The third-order valence-corrected chi connectivity index (χ3v) is 7.16. The number of allylic oxidation sites excluding steroid dienone is 1. The van der Waals surface area contributed by atoms with E-state index in [2.05, 4.69) is 4.99 Å². The number of methoxy groups -OCH3 is 2. The van der Waals surface area contributed by atoms with Gasteiger partial charge in [-0.05, 0) is 49.8 Å². The molecule has 35 heavy (non-hydrogen) atoms. The molecule has 0 aliphatic carbocycles. The van der Waals surface area contributed by atoms with Crippen LogP contribution in [-0.2, 0) is 9.53 Å². The van der Waals surface area contributed by atoms with Gasteiger partial charge in [0, 0.05) is 15.6 Å². The largest absolute Gasteiger partial charge is 0.493 e. The van der Waals surface area contributed by atoms with Crippen molar-refractivity contribution in [3.63, 3.8) is 0 Å². The predicted octanol–water partition coefficient (Wildman–Crippen LogP) is 4.12. The number of halogens is 2. The number of thiazole rings is 1. The lowest BCUT2D eigenvalue weighted by Crippen LogP contribution is -2.40. The third-order valence-electron chi connectivity index (χ3n) is 5.52. The Balaban J connectivity index is 2.00. The number of benzene rings is 2. The Morgan fingerprint density at radius 1 is 1.14 bits per heavy atom. The summed E-state index contributed by atoms with van der Waals surface area (Å²) in [7, 11) is 3.06. The summed E-state index contributed by atoms with van der Waals surface area (Å²) in [5.74, 6) is 0.445. The Kier molecular flexibility index (Phi) is 7.35. The summed E-state index contributed by atoms with van der Waals surface area (Å²) in [5, 5.41) is 0.839. The summed E-state index contributed by atoms with van der Waals surface area (Å²) in [6.45, 7) is 3.63. The first-order chi connectivity index (χ1) is 16.8. The van der Waals surface area contributed by atoms with Crippen molar-refractivity contribution in [3.8, 4) is 11.5 Å². The number of esters is 1. The minimum absolute atomic E-state index is 0.184. The molecule has 0 saturated heterocycles. The minimum atomic E-state index is -0.783. The number of nitrogens with zero attached hydrogens (tertiary/aromatic N) is 2. The fraction of sp³-hybridized carbons (Fsp3) is 0.240. The van der Waals surface area contributed by atoms with E-state index < -0.39 is 12.0 Å². The molecule has 2 aromatic carbocycles. The zero-order chi connectivity index (χ0) is 25.3. The molecule has 7 nitrogen and oxygen atoms in total. The molecule has 0 spiro atoms. The van der Waals surface area contributed by atoms with Crippen LogP contribution >= 0.6 is 34.5 Å². The van der Waals surface area contributed by atoms with Crippen LogP contribution in [-0.4, -0.2) is 31.4 Å². The summed E-state index contributed by atoms with van der Waals surface area (Å²) in [6.07, 6.45) is 1.64. The summed E-state index contributed by atoms with van der Waals surface area (Å²) in [6, 6.07) is 9.60. The molecule has 1 aliphatic heterocycles. The Hall–Kier alpha value is -3.07. The van der Waals surface area contributed by atoms with Gasteiger partial charge in [0.05, 0.1) is 42.7 Å². The van der Waals surface area contributed by atoms with Crippen molar-refractivity contribution in [3.05, 3.63) is 88.5 Å². The van der Waals surface area contributed by atoms with Crippen LogP contribution in [0.5, 0.6) is 11.5 Å². The van der Waals surface area contributed by atoms with Crippen LogP contribution in [0.3, 0.4) is 0 Å². The molecule has 182 valence electrons. The normalized spacial score (nSPS) is 15.5. The number of ether oxygens (including phenoxy) is 3. The molecule has 0 amide bonds. The maximum Gasteiger partial charge on any atom is 0.338 e. The first-order valence-electron chi connectivity index (χ1n) is 10.7. The number of carbonyl (C=O) groups is 1. The highest BCUT2D eigenvalue weighted by molar-refractivity contribution is 7.07. The van der Waals surface area contributed by atoms with E-state index in [1.165, 1.54) is 30.1 Å². The van der Waals surface area contributed by atoms with Gasteiger partial charge in [0.1, 0.15) is 0 Å². The number of fused-ring (bicyclic) bond motifs is 1. The van der Waals surface area contributed by atoms with Gasteiger partial charge >= 0.3 is 5.97 Å². The van der Waals surface area contributed by atoms with Crippen molar-refractivity contribution < 1.29 is 19.0 Å². The SMILES string of the molecule is CCOC(=O)C1=C(C)N=c2sc(=Cc3c(Cl)cccc3Cl)c(=O)n2[C@@H]1c1ccc(OC)c(OC)c1. The molecule has 1 aliphatic rings. The lowest BCUT2D eigenvalue weighted by molar-refractivity contribution is -0.139. The summed E-state index contributed by atoms with van der Waals surface area (Å²) in [4.78, 5) is 31.7. The highest BCUT2D eigenvalue weighted by atomic mass is 35.5. The van der Waals surface area contributed by atoms with Crippen molar-refractivity contribution in [1.82, 2.24) is 4.57 Å². The molecule has 0 fully saturated rings. The lowest BCUT2D eigenvalue weighted by Gasteiger charge is -2.25. The average molecular weight is 533 g/mol. The number of aromatic nitrogens is 1. The van der Waals surface area contributed by atoms with E-state index >= 15 is 0 Å². The van der Waals surface area contributed by atoms with E-state index in [0.29, 0.717) is 47.7 Å². The van der Waals surface area contributed by atoms with Gasteiger partial charge in [0.25, 0.3) is 5.56 Å². The molecule has 0 radical (unpaired) electrons. The summed E-state index contributed by atoms with van der Waals surface area (Å²) < 4.78 is 18.0. The smallest absolute Gasteiger partial charge is 0.338 e. The summed E-state index contributed by atoms with van der Waals surface area (Å²) in [5.41, 5.74) is 1.58. The molecule has 0 saturated carbocycles. The molecular weight excluding hydrogens is 511 g/mol. The van der Waals surface area contributed by atoms with Crippen LogP contribution in [0.15, 0.2) is 57.5 Å². The maximum absolute atomic E-state index is 13.7. The standard InChI is InChI=1S/C25H22Cl2N2O5S/c1-5-34-24(31)21-13(2)28-25-29(22(21)14-9-10-18(32-3)19(11-14)33-4)23(30)20(35-25)12-15-16(26)7-6-8-17(15)27/h6-12,22H,5H2,1-4H3/t22-/m1/s1. The van der Waals surface area contributed by atoms with Crippen LogP contribution in [0.1, 0.15) is 31.0 Å². The van der Waals surface area contributed by atoms with Crippen molar-refractivity contribution in [2.75, 3.05) is 20.8 Å². The van der Waals surface area contributed by atoms with Gasteiger partial charge in [-0.2, -0.15) is 0 Å². The van der Waals surface area contributed by atoms with E-state index in [1.807, 2.05) is 0 Å². The van der Waals surface area contributed by atoms with Crippen molar-refractivity contribution >= 4 is 46.6 Å². The Labute approximate surface area is 215 Å². The second kappa shape index (κ2) is 10.3. The molecular formula is C25H22Cl2N2O5S. The topological polar surface area (TPSA) is 79.1 Å². The second-order valence-electron chi connectivity index (χ2n) is 7.55. The van der Waals surface area contributed by atoms with E-state index in [4.69, 9.17) is 37.4 Å². The van der Waals surface area contributed by atoms with Gasteiger partial charge < -0.3 is 14.2 Å². The van der Waals surface area contributed by atoms with Gasteiger partial charge in [-0.1, -0.05) is 46.7 Å². The quantitative estimate of drug-likeness (QED) is 0.446. The fourth-order valence-electron chi connectivity index (χ4n) is 3.91. The first-order valence-corrected chi connectivity index (χ1v) is 12.2. The highest BCUT2D eigenvalue weighted by Gasteiger charge is 2.34. The Morgan fingerprint density at radius 3 is 2.46 bits per heavy atom. The minimum Gasteiger partial charge on any atom is -0.493 e. The zero-order valence-electron chi connectivity index (χ0n) is 19.4. The molecule has 0 unspecified atom stereocenters. The second-order valence-corrected chi connectivity index (χ2v) is 9.38. The Morgan fingerprint density at radius 2 is 1.83 bits per heavy atom. The zero-order valence-corrected chi connectivity index (χ0v) is 21.8. The molecule has 10 heteroatoms. The van der Waals surface area contributed by atoms with Crippen LogP contribution < -0.4 is 24.4 Å². The number of hydrogen-bond donors (Lipinski definition) is 0. The highest BCUT2D eigenvalue weighted by Crippen LogP contribution is 2.36. The van der Waals surface area contributed by atoms with Crippen LogP contribution in [0.4, 0.5) is 0 Å². The maximum atomic E-state index is 13.7. The van der Waals surface area contributed by atoms with Gasteiger partial charge in [0.2, 0.25) is 0 Å². The van der Waals surface area contributed by atoms with Gasteiger partial charge in [-0.25, -0.2) is 9.79 Å². The van der Waals surface area contributed by atoms with Crippen molar-refractivity contribution in [1.29, 1.82) is 0 Å². The summed E-state index contributed by atoms with van der Waals surface area (Å²) >= 11 is 13.8. The van der Waals surface area contributed by atoms with E-state index in [1.54, 1.807) is 56.3 Å². The fourth-order valence-corrected chi connectivity index (χ4v) is 5.44. The lowest BCUT2D eigenvalue weighted by atomic mass is 9.95. The molecule has 0 bridgehead atoms. The van der Waals surface area contributed by atoms with Crippen LogP contribution in [0, 0.1) is 0 Å². The van der Waals surface area contributed by atoms with Crippen LogP contribution in [0.25, 0.3) is 6.08 Å². The first kappa shape index (κ1) is 25.0. The molecule has 3 aromatic rings. The van der Waals surface area contributed by atoms with Crippen molar-refractivity contribution in [2.24, 2.45) is 4.99 Å². The average Bonchev–Trinajstić information content (AvgIpc) is 3.14.